The van der Waals surface area contributed by atoms with Gasteiger partial charge < -0.3 is 44.0 Å². The van der Waals surface area contributed by atoms with Crippen molar-refractivity contribution >= 4 is 48.7 Å². The molecule has 0 saturated heterocycles. The molecule has 0 bridgehead atoms. The molecular formula is C36H45FN5O10P. The average molecular weight is 758 g/mol. The van der Waals surface area contributed by atoms with E-state index in [1.54, 1.807) is 45.9 Å². The Bertz CT molecular complexity index is 1930. The van der Waals surface area contributed by atoms with E-state index < -0.39 is 31.4 Å². The number of ether oxygens (including phenoxy) is 4. The van der Waals surface area contributed by atoms with E-state index in [0.29, 0.717) is 45.9 Å². The van der Waals surface area contributed by atoms with Crippen molar-refractivity contribution in [2.24, 2.45) is 0 Å². The number of aromatic nitrogens is 1. The van der Waals surface area contributed by atoms with Crippen molar-refractivity contribution in [1.29, 1.82) is 0 Å². The van der Waals surface area contributed by atoms with E-state index in [2.05, 4.69) is 20.7 Å². The molecule has 1 aliphatic heterocycles. The minimum atomic E-state index is -3.80. The van der Waals surface area contributed by atoms with Crippen molar-refractivity contribution in [3.05, 3.63) is 75.9 Å². The van der Waals surface area contributed by atoms with Gasteiger partial charge in [-0.25, -0.2) is 14.3 Å². The number of nitrogens with zero attached hydrogens (tertiary/aromatic N) is 1. The fraction of sp³-hybridized carbons (Fsp3) is 0.389. The molecule has 0 aliphatic carbocycles. The maximum Gasteiger partial charge on any atom is 0.410 e. The number of amides is 3. The number of rotatable bonds is 17. The minimum absolute atomic E-state index is 0.0694. The Morgan fingerprint density at radius 3 is 2.49 bits per heavy atom. The number of hydrogen-bond donors (Lipinski definition) is 4. The largest absolute Gasteiger partial charge is 0.493 e. The molecule has 3 aromatic rings. The number of carbonyl (C=O) groups excluding carboxylic acids is 4. The quantitative estimate of drug-likeness (QED) is 0.0787. The lowest BCUT2D eigenvalue weighted by Gasteiger charge is -2.24. The van der Waals surface area contributed by atoms with Crippen molar-refractivity contribution in [3.63, 3.8) is 0 Å². The van der Waals surface area contributed by atoms with Crippen LogP contribution in [0.5, 0.6) is 11.5 Å². The summed E-state index contributed by atoms with van der Waals surface area (Å²) >= 11 is 0. The van der Waals surface area contributed by atoms with Gasteiger partial charge in [-0.15, -0.1) is 0 Å². The van der Waals surface area contributed by atoms with E-state index in [0.717, 1.165) is 0 Å². The molecule has 1 unspecified atom stereocenters. The number of esters is 1. The highest BCUT2D eigenvalue weighted by molar-refractivity contribution is 7.57. The third-order valence-electron chi connectivity index (χ3n) is 8.23. The van der Waals surface area contributed by atoms with Crippen LogP contribution in [0.25, 0.3) is 11.6 Å². The summed E-state index contributed by atoms with van der Waals surface area (Å²) in [6, 6.07) is 7.80. The van der Waals surface area contributed by atoms with Crippen LogP contribution in [0.4, 0.5) is 14.9 Å². The Kier molecular flexibility index (Phi) is 13.8. The lowest BCUT2D eigenvalue weighted by atomic mass is 10.0. The molecule has 2 heterocycles. The van der Waals surface area contributed by atoms with Crippen LogP contribution in [0.3, 0.4) is 0 Å². The van der Waals surface area contributed by atoms with Gasteiger partial charge in [-0.2, -0.15) is 0 Å². The van der Waals surface area contributed by atoms with Gasteiger partial charge in [0.1, 0.15) is 24.8 Å². The summed E-state index contributed by atoms with van der Waals surface area (Å²) in [6.45, 7) is 8.92. The van der Waals surface area contributed by atoms with Gasteiger partial charge in [0.2, 0.25) is 0 Å². The first-order valence-corrected chi connectivity index (χ1v) is 18.7. The summed E-state index contributed by atoms with van der Waals surface area (Å²) in [6.07, 6.45) is 0.595. The van der Waals surface area contributed by atoms with Gasteiger partial charge in [-0.3, -0.25) is 18.9 Å². The first-order valence-electron chi connectivity index (χ1n) is 16.8. The summed E-state index contributed by atoms with van der Waals surface area (Å²) < 4.78 is 54.3. The second-order valence-electron chi connectivity index (χ2n) is 12.0. The second kappa shape index (κ2) is 18.0. The van der Waals surface area contributed by atoms with Crippen molar-refractivity contribution in [1.82, 2.24) is 20.3 Å². The molecule has 286 valence electrons. The van der Waals surface area contributed by atoms with Crippen molar-refractivity contribution in [3.8, 4) is 11.5 Å². The number of nitrogens with one attached hydrogen (secondary N) is 4. The van der Waals surface area contributed by atoms with Crippen LogP contribution in [0.1, 0.15) is 59.2 Å². The molecule has 4 N–H and O–H groups in total. The standard InChI is InChI=1S/C36H45FN5O10P/c1-8-42(15-14-38-34(44)32-21(3)29(39-22(32)4)18-27-26-17-25(37)11-12-28(26)40-33(27)43)36(46)51-19-24-10-13-30(49-7)31(16-24)52-53(47,20-48-6)41-23(5)35(45)50-9-2/h10-13,16-18,23,39H,8-9,14-15,19-20H2,1-7H3,(H,38,44)(H,40,43)(H,41,47)/b27-18-/t23-,53?/m0/s1. The van der Waals surface area contributed by atoms with Gasteiger partial charge in [-0.05, 0) is 82.2 Å². The summed E-state index contributed by atoms with van der Waals surface area (Å²) in [4.78, 5) is 55.6. The number of carbonyl (C=O) groups is 4. The molecule has 17 heteroatoms. The molecule has 3 amide bonds. The number of methoxy groups -OCH3 is 2. The zero-order valence-corrected chi connectivity index (χ0v) is 31.6. The topological polar surface area (TPSA) is 187 Å². The van der Waals surface area contributed by atoms with Crippen LogP contribution >= 0.6 is 7.52 Å². The van der Waals surface area contributed by atoms with E-state index in [-0.39, 0.29) is 61.5 Å². The summed E-state index contributed by atoms with van der Waals surface area (Å²) in [7, 11) is -1.06. The number of benzene rings is 2. The van der Waals surface area contributed by atoms with Crippen LogP contribution in [-0.4, -0.2) is 86.6 Å². The number of hydrogen-bond acceptors (Lipinski definition) is 10. The second-order valence-corrected chi connectivity index (χ2v) is 14.1. The van der Waals surface area contributed by atoms with Crippen LogP contribution < -0.4 is 25.0 Å². The molecule has 2 aromatic carbocycles. The molecule has 0 spiro atoms. The number of anilines is 1. The maximum atomic E-state index is 13.9. The maximum absolute atomic E-state index is 13.9. The van der Waals surface area contributed by atoms with E-state index in [4.69, 9.17) is 23.5 Å². The SMILES string of the molecule is CCOC(=O)[C@H](C)NP(=O)(COC)Oc1cc(COC(=O)N(CC)CCNC(=O)c2c(C)[nH]c(/C=C3\C(=O)Nc4ccc(F)cc43)c2C)ccc1OC. The molecular weight excluding hydrogens is 712 g/mol. The predicted molar refractivity (Wildman–Crippen MR) is 195 cm³/mol. The predicted octanol–water partition coefficient (Wildman–Crippen LogP) is 5.38. The Balaban J connectivity index is 1.36. The van der Waals surface area contributed by atoms with E-state index in [9.17, 15) is 28.1 Å². The first-order chi connectivity index (χ1) is 25.2. The van der Waals surface area contributed by atoms with Crippen molar-refractivity contribution < 1.29 is 51.6 Å². The highest BCUT2D eigenvalue weighted by Gasteiger charge is 2.32. The molecule has 0 fully saturated rings. The Morgan fingerprint density at radius 2 is 1.81 bits per heavy atom. The number of H-pyrrole nitrogens is 1. The van der Waals surface area contributed by atoms with Crippen molar-refractivity contribution in [2.75, 3.05) is 52.1 Å². The Labute approximate surface area is 307 Å². The average Bonchev–Trinajstić information content (AvgIpc) is 3.58. The van der Waals surface area contributed by atoms with Crippen LogP contribution in [0.2, 0.25) is 0 Å². The zero-order chi connectivity index (χ0) is 38.9. The van der Waals surface area contributed by atoms with Gasteiger partial charge >= 0.3 is 19.6 Å². The number of halogens is 1. The van der Waals surface area contributed by atoms with Gasteiger partial charge in [0.05, 0.1) is 24.9 Å². The molecule has 0 saturated carbocycles. The molecule has 0 radical (unpaired) electrons. The van der Waals surface area contributed by atoms with Crippen LogP contribution in [-0.2, 0) is 35.0 Å². The summed E-state index contributed by atoms with van der Waals surface area (Å²) in [5.74, 6) is -1.53. The van der Waals surface area contributed by atoms with Crippen LogP contribution in [0, 0.1) is 19.7 Å². The third-order valence-corrected chi connectivity index (χ3v) is 10.1. The fourth-order valence-corrected chi connectivity index (χ4v) is 7.31. The third kappa shape index (κ3) is 10.0. The number of aryl methyl sites for hydroxylation is 1. The molecule has 1 aromatic heterocycles. The lowest BCUT2D eigenvalue weighted by Crippen LogP contribution is -2.38. The number of fused-ring (bicyclic) bond motifs is 1. The molecule has 4 rings (SSSR count). The van der Waals surface area contributed by atoms with Gasteiger partial charge in [0, 0.05) is 49.4 Å². The smallest absolute Gasteiger partial charge is 0.410 e. The van der Waals surface area contributed by atoms with E-state index in [1.807, 2.05) is 0 Å². The van der Waals surface area contributed by atoms with E-state index in [1.165, 1.54) is 50.3 Å². The lowest BCUT2D eigenvalue weighted by molar-refractivity contribution is -0.144. The molecule has 2 atom stereocenters. The Hall–Kier alpha value is -5.18. The molecule has 1 aliphatic rings. The monoisotopic (exact) mass is 757 g/mol. The summed E-state index contributed by atoms with van der Waals surface area (Å²) in [5.41, 5.74) is 3.80. The number of aromatic amines is 1. The highest BCUT2D eigenvalue weighted by Crippen LogP contribution is 2.46. The minimum Gasteiger partial charge on any atom is -0.493 e. The summed E-state index contributed by atoms with van der Waals surface area (Å²) in [5, 5.41) is 8.21. The molecule has 15 nitrogen and oxygen atoms in total. The number of likely N-dealkylation sites (N-methyl/N-ethyl adjacent to an activating group) is 1. The molecule has 53 heavy (non-hydrogen) atoms. The normalized spacial score (nSPS) is 14.5. The first kappa shape index (κ1) is 40.6. The van der Waals surface area contributed by atoms with Gasteiger partial charge in [-0.1, -0.05) is 6.07 Å². The zero-order valence-electron chi connectivity index (χ0n) is 30.7. The fourth-order valence-electron chi connectivity index (χ4n) is 5.63. The van der Waals surface area contributed by atoms with E-state index >= 15 is 0 Å². The van der Waals surface area contributed by atoms with Gasteiger partial charge in [0.25, 0.3) is 11.8 Å². The highest BCUT2D eigenvalue weighted by atomic mass is 31.2. The van der Waals surface area contributed by atoms with Crippen LogP contribution in [0.15, 0.2) is 36.4 Å². The van der Waals surface area contributed by atoms with Crippen molar-refractivity contribution in [2.45, 2.75) is 47.3 Å². The van der Waals surface area contributed by atoms with Gasteiger partial charge in [0.15, 0.2) is 11.5 Å². The Morgan fingerprint density at radius 1 is 1.06 bits per heavy atom.